The highest BCUT2D eigenvalue weighted by molar-refractivity contribution is 5.46. The molecule has 0 atom stereocenters. The molecule has 2 aliphatic rings. The fourth-order valence-electron chi connectivity index (χ4n) is 3.70. The van der Waals surface area contributed by atoms with E-state index in [2.05, 4.69) is 25.3 Å². The zero-order valence-corrected chi connectivity index (χ0v) is 13.8. The summed E-state index contributed by atoms with van der Waals surface area (Å²) in [5, 5.41) is 7.60. The fourth-order valence-corrected chi connectivity index (χ4v) is 3.70. The normalized spacial score (nSPS) is 21.7. The molecule has 128 valence electrons. The van der Waals surface area contributed by atoms with Gasteiger partial charge in [-0.2, -0.15) is 4.98 Å². The van der Waals surface area contributed by atoms with Gasteiger partial charge in [0.05, 0.1) is 6.54 Å². The molecule has 2 aromatic rings. The Kier molecular flexibility index (Phi) is 4.55. The van der Waals surface area contributed by atoms with E-state index in [0.29, 0.717) is 18.3 Å². The molecule has 1 spiro atoms. The van der Waals surface area contributed by atoms with Gasteiger partial charge in [0.25, 0.3) is 0 Å². The minimum atomic E-state index is 0.182. The van der Waals surface area contributed by atoms with Gasteiger partial charge in [0, 0.05) is 38.0 Å². The Bertz CT molecular complexity index is 654. The number of hydrogen-bond donors (Lipinski definition) is 1. The van der Waals surface area contributed by atoms with Crippen molar-refractivity contribution in [3.8, 4) is 11.5 Å². The van der Waals surface area contributed by atoms with Crippen LogP contribution in [0.4, 0.5) is 0 Å². The average molecular weight is 329 g/mol. The smallest absolute Gasteiger partial charge is 0.241 e. The quantitative estimate of drug-likeness (QED) is 0.914. The molecule has 4 heterocycles. The van der Waals surface area contributed by atoms with Crippen LogP contribution in [0.3, 0.4) is 0 Å². The Morgan fingerprint density at radius 2 is 2.08 bits per heavy atom. The van der Waals surface area contributed by atoms with Gasteiger partial charge in [-0.1, -0.05) is 11.2 Å². The number of ether oxygens (including phenoxy) is 1. The fraction of sp³-hybridized carbons (Fsp3) is 0.588. The van der Waals surface area contributed by atoms with Crippen LogP contribution in [0.2, 0.25) is 0 Å². The molecule has 2 aliphatic heterocycles. The molecule has 0 saturated carbocycles. The summed E-state index contributed by atoms with van der Waals surface area (Å²) in [6.07, 6.45) is 5.01. The Labute approximate surface area is 141 Å². The minimum Gasteiger partial charge on any atom is -0.381 e. The van der Waals surface area contributed by atoms with Crippen LogP contribution >= 0.6 is 0 Å². The molecule has 7 heteroatoms. The number of rotatable bonds is 3. The molecule has 2 saturated heterocycles. The molecule has 0 bridgehead atoms. The Morgan fingerprint density at radius 1 is 1.17 bits per heavy atom. The zero-order chi connectivity index (χ0) is 16.2. The maximum Gasteiger partial charge on any atom is 0.241 e. The van der Waals surface area contributed by atoms with Crippen LogP contribution in [0.5, 0.6) is 0 Å². The van der Waals surface area contributed by atoms with Crippen molar-refractivity contribution in [3.63, 3.8) is 0 Å². The zero-order valence-electron chi connectivity index (χ0n) is 13.8. The predicted molar refractivity (Wildman–Crippen MR) is 88.2 cm³/mol. The summed E-state index contributed by atoms with van der Waals surface area (Å²) in [7, 11) is 0. The van der Waals surface area contributed by atoms with Crippen molar-refractivity contribution in [1.82, 2.24) is 25.3 Å². The second kappa shape index (κ2) is 6.96. The molecule has 2 aromatic heterocycles. The van der Waals surface area contributed by atoms with E-state index in [1.807, 2.05) is 18.2 Å². The van der Waals surface area contributed by atoms with Gasteiger partial charge in [-0.3, -0.25) is 9.88 Å². The molecule has 7 nitrogen and oxygen atoms in total. The second-order valence-electron chi connectivity index (χ2n) is 6.48. The van der Waals surface area contributed by atoms with Gasteiger partial charge in [-0.15, -0.1) is 0 Å². The lowest BCUT2D eigenvalue weighted by Gasteiger charge is -2.44. The number of hydrogen-bond acceptors (Lipinski definition) is 7. The van der Waals surface area contributed by atoms with Crippen molar-refractivity contribution in [3.05, 3.63) is 30.3 Å². The summed E-state index contributed by atoms with van der Waals surface area (Å²) in [5.74, 6) is 1.21. The van der Waals surface area contributed by atoms with Crippen molar-refractivity contribution in [2.75, 3.05) is 32.8 Å². The van der Waals surface area contributed by atoms with Gasteiger partial charge in [0.1, 0.15) is 5.69 Å². The first-order chi connectivity index (χ1) is 11.9. The first-order valence-corrected chi connectivity index (χ1v) is 8.63. The molecule has 0 unspecified atom stereocenters. The monoisotopic (exact) mass is 329 g/mol. The SMILES string of the molecule is c1ccc(-c2noc(CN3CCNCCC34CCOCC4)n2)nc1. The third-order valence-corrected chi connectivity index (χ3v) is 5.11. The lowest BCUT2D eigenvalue weighted by Crippen LogP contribution is -2.52. The molecule has 1 N–H and O–H groups in total. The molecule has 24 heavy (non-hydrogen) atoms. The third-order valence-electron chi connectivity index (χ3n) is 5.11. The Hall–Kier alpha value is -1.83. The minimum absolute atomic E-state index is 0.182. The first-order valence-electron chi connectivity index (χ1n) is 8.63. The van der Waals surface area contributed by atoms with Gasteiger partial charge in [0.2, 0.25) is 11.7 Å². The summed E-state index contributed by atoms with van der Waals surface area (Å²) in [6, 6.07) is 5.70. The maximum absolute atomic E-state index is 5.59. The standard InChI is InChI=1S/C17H23N5O2/c1-2-7-19-14(3-1)16-20-15(24-21-16)13-22-10-9-18-8-4-17(22)5-11-23-12-6-17/h1-3,7,18H,4-6,8-13H2. The van der Waals surface area contributed by atoms with Crippen molar-refractivity contribution >= 4 is 0 Å². The Morgan fingerprint density at radius 3 is 2.92 bits per heavy atom. The topological polar surface area (TPSA) is 76.3 Å². The van der Waals surface area contributed by atoms with Crippen LogP contribution in [0.25, 0.3) is 11.5 Å². The Balaban J connectivity index is 1.53. The highest BCUT2D eigenvalue weighted by atomic mass is 16.5. The van der Waals surface area contributed by atoms with Crippen molar-refractivity contribution < 1.29 is 9.26 Å². The summed E-state index contributed by atoms with van der Waals surface area (Å²) in [4.78, 5) is 11.3. The van der Waals surface area contributed by atoms with E-state index < -0.39 is 0 Å². The van der Waals surface area contributed by atoms with E-state index in [-0.39, 0.29) is 5.54 Å². The largest absolute Gasteiger partial charge is 0.381 e. The molecule has 0 amide bonds. The predicted octanol–water partition coefficient (Wildman–Crippen LogP) is 1.48. The molecule has 0 radical (unpaired) electrons. The van der Waals surface area contributed by atoms with Crippen LogP contribution in [0, 0.1) is 0 Å². The molecule has 0 aromatic carbocycles. The van der Waals surface area contributed by atoms with Crippen molar-refractivity contribution in [2.24, 2.45) is 0 Å². The van der Waals surface area contributed by atoms with E-state index in [4.69, 9.17) is 9.26 Å². The first kappa shape index (κ1) is 15.7. The molecule has 4 rings (SSSR count). The van der Waals surface area contributed by atoms with Crippen LogP contribution in [-0.2, 0) is 11.3 Å². The average Bonchev–Trinajstić information content (AvgIpc) is 3.03. The van der Waals surface area contributed by atoms with Gasteiger partial charge in [-0.25, -0.2) is 0 Å². The van der Waals surface area contributed by atoms with Crippen molar-refractivity contribution in [2.45, 2.75) is 31.3 Å². The summed E-state index contributed by atoms with van der Waals surface area (Å²) in [5.41, 5.74) is 0.923. The van der Waals surface area contributed by atoms with Crippen LogP contribution < -0.4 is 5.32 Å². The van der Waals surface area contributed by atoms with E-state index in [1.54, 1.807) is 6.20 Å². The van der Waals surface area contributed by atoms with E-state index in [9.17, 15) is 0 Å². The number of aromatic nitrogens is 3. The number of nitrogens with zero attached hydrogens (tertiary/aromatic N) is 4. The lowest BCUT2D eigenvalue weighted by atomic mass is 9.85. The van der Waals surface area contributed by atoms with Gasteiger partial charge in [-0.05, 0) is 37.9 Å². The van der Waals surface area contributed by atoms with Gasteiger partial charge < -0.3 is 14.6 Å². The molecular formula is C17H23N5O2. The van der Waals surface area contributed by atoms with Crippen LogP contribution in [0.15, 0.2) is 28.9 Å². The number of nitrogens with one attached hydrogen (secondary N) is 1. The maximum atomic E-state index is 5.59. The highest BCUT2D eigenvalue weighted by Crippen LogP contribution is 2.33. The molecular weight excluding hydrogens is 306 g/mol. The lowest BCUT2D eigenvalue weighted by molar-refractivity contribution is -0.0342. The second-order valence-corrected chi connectivity index (χ2v) is 6.48. The molecule has 2 fully saturated rings. The summed E-state index contributed by atoms with van der Waals surface area (Å²) in [6.45, 7) is 5.38. The van der Waals surface area contributed by atoms with Crippen molar-refractivity contribution in [1.29, 1.82) is 0 Å². The summed E-state index contributed by atoms with van der Waals surface area (Å²) < 4.78 is 11.1. The number of pyridine rings is 1. The third kappa shape index (κ3) is 3.19. The van der Waals surface area contributed by atoms with Gasteiger partial charge >= 0.3 is 0 Å². The van der Waals surface area contributed by atoms with E-state index in [1.165, 1.54) is 0 Å². The van der Waals surface area contributed by atoms with E-state index in [0.717, 1.165) is 57.8 Å². The molecule has 0 aliphatic carbocycles. The van der Waals surface area contributed by atoms with E-state index >= 15 is 0 Å². The summed E-state index contributed by atoms with van der Waals surface area (Å²) >= 11 is 0. The highest BCUT2D eigenvalue weighted by Gasteiger charge is 2.39. The van der Waals surface area contributed by atoms with Gasteiger partial charge in [0.15, 0.2) is 0 Å². The van der Waals surface area contributed by atoms with Crippen LogP contribution in [-0.4, -0.2) is 58.4 Å². The van der Waals surface area contributed by atoms with Crippen LogP contribution in [0.1, 0.15) is 25.2 Å².